The third-order valence-corrected chi connectivity index (χ3v) is 7.17. The molecule has 0 unspecified atom stereocenters. The molecule has 0 saturated carbocycles. The van der Waals surface area contributed by atoms with Crippen LogP contribution in [0.4, 0.5) is 24.5 Å². The zero-order chi connectivity index (χ0) is 21.7. The predicted octanol–water partition coefficient (Wildman–Crippen LogP) is 5.16. The fourth-order valence-corrected chi connectivity index (χ4v) is 5.64. The lowest BCUT2D eigenvalue weighted by molar-refractivity contribution is -0.137. The van der Waals surface area contributed by atoms with Crippen LogP contribution in [0.5, 0.6) is 5.75 Å². The summed E-state index contributed by atoms with van der Waals surface area (Å²) in [7, 11) is 0. The molecule has 1 aliphatic heterocycles. The van der Waals surface area contributed by atoms with Crippen LogP contribution in [0.3, 0.4) is 0 Å². The van der Waals surface area contributed by atoms with E-state index in [1.54, 1.807) is 12.1 Å². The molecule has 1 fully saturated rings. The van der Waals surface area contributed by atoms with E-state index in [2.05, 4.69) is 10.6 Å². The van der Waals surface area contributed by atoms with Crippen molar-refractivity contribution in [2.24, 2.45) is 0 Å². The van der Waals surface area contributed by atoms with E-state index in [0.717, 1.165) is 29.2 Å². The number of rotatable bonds is 6. The summed E-state index contributed by atoms with van der Waals surface area (Å²) >= 11 is 3.74. The van der Waals surface area contributed by atoms with Gasteiger partial charge in [-0.25, -0.2) is 0 Å². The van der Waals surface area contributed by atoms with Crippen LogP contribution >= 0.6 is 23.5 Å². The average Bonchev–Trinajstić information content (AvgIpc) is 3.21. The van der Waals surface area contributed by atoms with Crippen LogP contribution < -0.4 is 15.4 Å². The van der Waals surface area contributed by atoms with Crippen molar-refractivity contribution in [3.8, 4) is 5.75 Å². The number of nitrogens with one attached hydrogen (secondary N) is 2. The maximum Gasteiger partial charge on any atom is 0.418 e. The van der Waals surface area contributed by atoms with E-state index >= 15 is 0 Å². The molecule has 0 spiro atoms. The van der Waals surface area contributed by atoms with Crippen LogP contribution in [0.15, 0.2) is 42.5 Å². The Kier molecular flexibility index (Phi) is 7.19. The Morgan fingerprint density at radius 3 is 2.33 bits per heavy atom. The molecule has 3 rings (SSSR count). The summed E-state index contributed by atoms with van der Waals surface area (Å²) in [5.41, 5.74) is -0.315. The van der Waals surface area contributed by atoms with Gasteiger partial charge in [-0.2, -0.15) is 13.2 Å². The fourth-order valence-electron chi connectivity index (χ4n) is 2.78. The first kappa shape index (κ1) is 22.4. The number of benzene rings is 2. The minimum atomic E-state index is -4.70. The van der Waals surface area contributed by atoms with Crippen LogP contribution in [0, 0.1) is 0 Å². The van der Waals surface area contributed by atoms with Gasteiger partial charge in [-0.3, -0.25) is 9.59 Å². The Hall–Kier alpha value is -2.33. The molecule has 2 amide bonds. The SMILES string of the molecule is CC(=O)Nc1ccc(NC(=O)COc2ccc(C3SCCS3)cc2)c(C(F)(F)F)c1. The van der Waals surface area contributed by atoms with E-state index in [9.17, 15) is 22.8 Å². The van der Waals surface area contributed by atoms with Crippen molar-refractivity contribution in [1.82, 2.24) is 0 Å². The molecule has 1 saturated heterocycles. The molecule has 5 nitrogen and oxygen atoms in total. The standard InChI is InChI=1S/C20H19F3N2O3S2/c1-12(26)24-14-4-7-17(16(10-14)20(21,22)23)25-18(27)11-28-15-5-2-13(3-6-15)19-29-8-9-30-19/h2-7,10,19H,8-9,11H2,1H3,(H,24,26)(H,25,27). The van der Waals surface area contributed by atoms with Gasteiger partial charge in [0, 0.05) is 24.1 Å². The van der Waals surface area contributed by atoms with Crippen LogP contribution in [0.1, 0.15) is 22.6 Å². The van der Waals surface area contributed by atoms with Gasteiger partial charge in [0.2, 0.25) is 5.91 Å². The molecule has 1 aliphatic rings. The number of thioether (sulfide) groups is 2. The lowest BCUT2D eigenvalue weighted by Crippen LogP contribution is -2.22. The van der Waals surface area contributed by atoms with E-state index in [-0.39, 0.29) is 5.69 Å². The summed E-state index contributed by atoms with van der Waals surface area (Å²) in [5.74, 6) is 1.46. The highest BCUT2D eigenvalue weighted by molar-refractivity contribution is 8.19. The third kappa shape index (κ3) is 6.09. The molecular formula is C20H19F3N2O3S2. The minimum Gasteiger partial charge on any atom is -0.484 e. The van der Waals surface area contributed by atoms with Crippen molar-refractivity contribution in [1.29, 1.82) is 0 Å². The van der Waals surface area contributed by atoms with Gasteiger partial charge in [0.05, 0.1) is 15.8 Å². The molecule has 30 heavy (non-hydrogen) atoms. The molecule has 2 aromatic carbocycles. The first-order valence-corrected chi connectivity index (χ1v) is 11.1. The smallest absolute Gasteiger partial charge is 0.418 e. The van der Waals surface area contributed by atoms with Crippen LogP contribution in [-0.4, -0.2) is 29.9 Å². The molecule has 0 bridgehead atoms. The molecule has 0 atom stereocenters. The van der Waals surface area contributed by atoms with Crippen molar-refractivity contribution in [2.75, 3.05) is 28.7 Å². The van der Waals surface area contributed by atoms with Gasteiger partial charge in [-0.1, -0.05) is 12.1 Å². The van der Waals surface area contributed by atoms with Crippen molar-refractivity contribution in [2.45, 2.75) is 17.7 Å². The molecule has 0 aliphatic carbocycles. The van der Waals surface area contributed by atoms with E-state index in [1.165, 1.54) is 13.0 Å². The van der Waals surface area contributed by atoms with Gasteiger partial charge >= 0.3 is 6.18 Å². The molecule has 10 heteroatoms. The van der Waals surface area contributed by atoms with Crippen LogP contribution in [-0.2, 0) is 15.8 Å². The Morgan fingerprint density at radius 2 is 1.73 bits per heavy atom. The van der Waals surface area contributed by atoms with Crippen molar-refractivity contribution in [3.05, 3.63) is 53.6 Å². The number of anilines is 2. The highest BCUT2D eigenvalue weighted by Crippen LogP contribution is 2.45. The van der Waals surface area contributed by atoms with Gasteiger partial charge in [0.25, 0.3) is 5.91 Å². The van der Waals surface area contributed by atoms with E-state index in [1.807, 2.05) is 35.7 Å². The molecular weight excluding hydrogens is 437 g/mol. The predicted molar refractivity (Wildman–Crippen MR) is 114 cm³/mol. The number of hydrogen-bond acceptors (Lipinski definition) is 5. The molecule has 1 heterocycles. The normalized spacial score (nSPS) is 14.4. The molecule has 0 aromatic heterocycles. The van der Waals surface area contributed by atoms with Crippen molar-refractivity contribution in [3.63, 3.8) is 0 Å². The molecule has 2 aromatic rings. The third-order valence-electron chi connectivity index (χ3n) is 4.06. The first-order valence-electron chi connectivity index (χ1n) is 8.97. The second kappa shape index (κ2) is 9.65. The van der Waals surface area contributed by atoms with Gasteiger partial charge in [0.15, 0.2) is 6.61 Å². The highest BCUT2D eigenvalue weighted by atomic mass is 32.2. The first-order chi connectivity index (χ1) is 14.2. The Balaban J connectivity index is 1.62. The monoisotopic (exact) mass is 456 g/mol. The number of alkyl halides is 3. The van der Waals surface area contributed by atoms with Gasteiger partial charge in [0.1, 0.15) is 5.75 Å². The van der Waals surface area contributed by atoms with Gasteiger partial charge in [-0.15, -0.1) is 23.5 Å². The zero-order valence-corrected chi connectivity index (χ0v) is 17.5. The molecule has 2 N–H and O–H groups in total. The topological polar surface area (TPSA) is 67.4 Å². The Morgan fingerprint density at radius 1 is 1.07 bits per heavy atom. The maximum atomic E-state index is 13.3. The number of ether oxygens (including phenoxy) is 1. The Labute approximate surface area is 180 Å². The number of amides is 2. The highest BCUT2D eigenvalue weighted by Gasteiger charge is 2.34. The molecule has 160 valence electrons. The van der Waals surface area contributed by atoms with Crippen molar-refractivity contribution < 1.29 is 27.5 Å². The maximum absolute atomic E-state index is 13.3. The number of carbonyl (C=O) groups excluding carboxylic acids is 2. The summed E-state index contributed by atoms with van der Waals surface area (Å²) in [6.45, 7) is 0.759. The number of carbonyl (C=O) groups is 2. The number of hydrogen-bond donors (Lipinski definition) is 2. The zero-order valence-electron chi connectivity index (χ0n) is 15.9. The summed E-state index contributed by atoms with van der Waals surface area (Å²) in [6.07, 6.45) is -4.70. The second-order valence-electron chi connectivity index (χ2n) is 6.42. The quantitative estimate of drug-likeness (QED) is 0.629. The number of halogens is 3. The summed E-state index contributed by atoms with van der Waals surface area (Å²) in [4.78, 5) is 23.2. The van der Waals surface area contributed by atoms with Crippen LogP contribution in [0.25, 0.3) is 0 Å². The lowest BCUT2D eigenvalue weighted by Gasteiger charge is -2.16. The van der Waals surface area contributed by atoms with Gasteiger partial charge < -0.3 is 15.4 Å². The molecule has 0 radical (unpaired) electrons. The average molecular weight is 457 g/mol. The summed E-state index contributed by atoms with van der Waals surface area (Å²) in [6, 6.07) is 10.5. The summed E-state index contributed by atoms with van der Waals surface area (Å²) in [5, 5.41) is 4.51. The largest absolute Gasteiger partial charge is 0.484 e. The Bertz CT molecular complexity index is 915. The van der Waals surface area contributed by atoms with E-state index in [0.29, 0.717) is 10.3 Å². The fraction of sp³-hybridized carbons (Fsp3) is 0.300. The van der Waals surface area contributed by atoms with Crippen LogP contribution in [0.2, 0.25) is 0 Å². The van der Waals surface area contributed by atoms with Gasteiger partial charge in [-0.05, 0) is 35.9 Å². The van der Waals surface area contributed by atoms with E-state index < -0.39 is 35.8 Å². The minimum absolute atomic E-state index is 0.0113. The summed E-state index contributed by atoms with van der Waals surface area (Å²) < 4.78 is 45.8. The second-order valence-corrected chi connectivity index (χ2v) is 9.14. The lowest BCUT2D eigenvalue weighted by atomic mass is 10.1. The van der Waals surface area contributed by atoms with Crippen molar-refractivity contribution >= 4 is 46.7 Å². The van der Waals surface area contributed by atoms with E-state index in [4.69, 9.17) is 4.74 Å².